The molecule has 2 nitrogen and oxygen atoms in total. The molecule has 0 aromatic heterocycles. The molecule has 1 unspecified atom stereocenters. The van der Waals surface area contributed by atoms with Gasteiger partial charge >= 0.3 is 0 Å². The molecule has 1 aromatic carbocycles. The van der Waals surface area contributed by atoms with Crippen molar-refractivity contribution in [2.75, 3.05) is 13.1 Å². The second-order valence-corrected chi connectivity index (χ2v) is 5.56. The van der Waals surface area contributed by atoms with Gasteiger partial charge in [0.2, 0.25) is 0 Å². The summed E-state index contributed by atoms with van der Waals surface area (Å²) in [6.07, 6.45) is 1.22. The van der Waals surface area contributed by atoms with Crippen molar-refractivity contribution in [1.82, 2.24) is 5.32 Å². The second-order valence-electron chi connectivity index (χ2n) is 5.16. The molecule has 1 saturated heterocycles. The van der Waals surface area contributed by atoms with E-state index in [1.807, 2.05) is 0 Å². The van der Waals surface area contributed by atoms with Crippen LogP contribution in [0.25, 0.3) is 0 Å². The van der Waals surface area contributed by atoms with Crippen molar-refractivity contribution in [3.63, 3.8) is 0 Å². The molecule has 100 valence electrons. The van der Waals surface area contributed by atoms with Crippen LogP contribution in [0, 0.1) is 17.7 Å². The molecule has 4 heteroatoms. The largest absolute Gasteiger partial charge is 0.490 e. The van der Waals surface area contributed by atoms with Crippen LogP contribution in [0.1, 0.15) is 20.3 Å². The lowest BCUT2D eigenvalue weighted by Gasteiger charge is -2.27. The van der Waals surface area contributed by atoms with Crippen molar-refractivity contribution in [3.05, 3.63) is 29.0 Å². The molecule has 0 aliphatic carbocycles. The molecule has 1 N–H and O–H groups in total. The third-order valence-corrected chi connectivity index (χ3v) is 3.69. The predicted octanol–water partition coefficient (Wildman–Crippen LogP) is 3.49. The Balaban J connectivity index is 2.10. The van der Waals surface area contributed by atoms with E-state index in [1.165, 1.54) is 12.1 Å². The molecule has 1 heterocycles. The Kier molecular flexibility index (Phi) is 4.46. The lowest BCUT2D eigenvalue weighted by Crippen LogP contribution is -2.33. The molecular formula is C14H19ClFNO. The fourth-order valence-corrected chi connectivity index (χ4v) is 2.56. The van der Waals surface area contributed by atoms with Gasteiger partial charge < -0.3 is 10.1 Å². The quantitative estimate of drug-likeness (QED) is 0.905. The van der Waals surface area contributed by atoms with Crippen LogP contribution >= 0.6 is 11.6 Å². The monoisotopic (exact) mass is 271 g/mol. The summed E-state index contributed by atoms with van der Waals surface area (Å²) in [5.41, 5.74) is 0. The van der Waals surface area contributed by atoms with E-state index in [0.717, 1.165) is 19.5 Å². The molecule has 1 fully saturated rings. The van der Waals surface area contributed by atoms with Crippen LogP contribution in [0.3, 0.4) is 0 Å². The maximum Gasteiger partial charge on any atom is 0.145 e. The van der Waals surface area contributed by atoms with Gasteiger partial charge in [-0.1, -0.05) is 25.4 Å². The zero-order valence-electron chi connectivity index (χ0n) is 10.7. The Labute approximate surface area is 112 Å². The van der Waals surface area contributed by atoms with Crippen molar-refractivity contribution in [1.29, 1.82) is 0 Å². The van der Waals surface area contributed by atoms with E-state index in [-0.39, 0.29) is 11.1 Å². The minimum Gasteiger partial charge on any atom is -0.490 e. The summed E-state index contributed by atoms with van der Waals surface area (Å²) in [7, 11) is 0. The fraction of sp³-hybridized carbons (Fsp3) is 0.571. The van der Waals surface area contributed by atoms with Gasteiger partial charge in [-0.15, -0.1) is 0 Å². The van der Waals surface area contributed by atoms with Crippen LogP contribution in [-0.2, 0) is 0 Å². The standard InChI is InChI=1S/C14H19ClFNO/c1-9(2)14(10-5-6-17-8-10)18-11-3-4-12(15)13(16)7-11/h3-4,7,9-10,14,17H,5-6,8H2,1-2H3/t10?,14-/m1/s1. The third kappa shape index (κ3) is 3.15. The third-order valence-electron chi connectivity index (χ3n) is 3.38. The normalized spacial score (nSPS) is 21.3. The molecule has 2 atom stereocenters. The summed E-state index contributed by atoms with van der Waals surface area (Å²) in [5.74, 6) is 1.01. The highest BCUT2D eigenvalue weighted by Crippen LogP contribution is 2.27. The predicted molar refractivity (Wildman–Crippen MR) is 71.6 cm³/mol. The molecule has 0 amide bonds. The van der Waals surface area contributed by atoms with E-state index in [4.69, 9.17) is 16.3 Å². The highest BCUT2D eigenvalue weighted by atomic mass is 35.5. The van der Waals surface area contributed by atoms with Crippen LogP contribution in [0.5, 0.6) is 5.75 Å². The molecule has 1 aliphatic heterocycles. The van der Waals surface area contributed by atoms with Crippen molar-refractivity contribution in [3.8, 4) is 5.75 Å². The summed E-state index contributed by atoms with van der Waals surface area (Å²) in [5, 5.41) is 3.47. The summed E-state index contributed by atoms with van der Waals surface area (Å²) < 4.78 is 19.3. The highest BCUT2D eigenvalue weighted by Gasteiger charge is 2.29. The van der Waals surface area contributed by atoms with E-state index in [0.29, 0.717) is 17.6 Å². The maximum atomic E-state index is 13.4. The van der Waals surface area contributed by atoms with Gasteiger partial charge in [0.15, 0.2) is 0 Å². The van der Waals surface area contributed by atoms with Gasteiger partial charge in [0.05, 0.1) is 5.02 Å². The van der Waals surface area contributed by atoms with Crippen LogP contribution < -0.4 is 10.1 Å². The molecule has 2 rings (SSSR count). The number of nitrogens with one attached hydrogen (secondary N) is 1. The van der Waals surface area contributed by atoms with Gasteiger partial charge in [0, 0.05) is 18.5 Å². The molecule has 0 radical (unpaired) electrons. The van der Waals surface area contributed by atoms with Gasteiger partial charge in [-0.3, -0.25) is 0 Å². The average Bonchev–Trinajstić information content (AvgIpc) is 2.83. The smallest absolute Gasteiger partial charge is 0.145 e. The van der Waals surface area contributed by atoms with Crippen molar-refractivity contribution >= 4 is 11.6 Å². The van der Waals surface area contributed by atoms with E-state index in [9.17, 15) is 4.39 Å². The maximum absolute atomic E-state index is 13.4. The van der Waals surface area contributed by atoms with E-state index >= 15 is 0 Å². The Morgan fingerprint density at radius 3 is 2.78 bits per heavy atom. The van der Waals surface area contributed by atoms with Gasteiger partial charge in [0.1, 0.15) is 17.7 Å². The molecule has 1 aliphatic rings. The lowest BCUT2D eigenvalue weighted by molar-refractivity contribution is 0.0970. The van der Waals surface area contributed by atoms with Crippen molar-refractivity contribution in [2.24, 2.45) is 11.8 Å². The molecule has 0 bridgehead atoms. The number of ether oxygens (including phenoxy) is 1. The molecule has 1 aromatic rings. The van der Waals surface area contributed by atoms with Crippen LogP contribution in [0.2, 0.25) is 5.02 Å². The Hall–Kier alpha value is -0.800. The first-order chi connectivity index (χ1) is 8.58. The summed E-state index contributed by atoms with van der Waals surface area (Å²) in [6, 6.07) is 4.62. The Bertz CT molecular complexity index is 405. The van der Waals surface area contributed by atoms with Gasteiger partial charge in [-0.05, 0) is 31.0 Å². The first-order valence-corrected chi connectivity index (χ1v) is 6.78. The molecular weight excluding hydrogens is 253 g/mol. The zero-order chi connectivity index (χ0) is 13.1. The van der Waals surface area contributed by atoms with Crippen molar-refractivity contribution in [2.45, 2.75) is 26.4 Å². The van der Waals surface area contributed by atoms with E-state index < -0.39 is 5.82 Å². The number of halogens is 2. The van der Waals surface area contributed by atoms with Gasteiger partial charge in [-0.25, -0.2) is 4.39 Å². The van der Waals surface area contributed by atoms with Crippen molar-refractivity contribution < 1.29 is 9.13 Å². The Morgan fingerprint density at radius 2 is 2.22 bits per heavy atom. The lowest BCUT2D eigenvalue weighted by atomic mass is 9.92. The summed E-state index contributed by atoms with van der Waals surface area (Å²) in [4.78, 5) is 0. The SMILES string of the molecule is CC(C)[C@@H](Oc1ccc(Cl)c(F)c1)C1CCNC1. The van der Waals surface area contributed by atoms with E-state index in [1.54, 1.807) is 6.07 Å². The first kappa shape index (κ1) is 13.6. The van der Waals surface area contributed by atoms with Crippen LogP contribution in [-0.4, -0.2) is 19.2 Å². The number of rotatable bonds is 4. The number of hydrogen-bond acceptors (Lipinski definition) is 2. The highest BCUT2D eigenvalue weighted by molar-refractivity contribution is 6.30. The van der Waals surface area contributed by atoms with E-state index in [2.05, 4.69) is 19.2 Å². The number of benzene rings is 1. The minimum atomic E-state index is -0.429. The van der Waals surface area contributed by atoms with Gasteiger partial charge in [-0.2, -0.15) is 0 Å². The van der Waals surface area contributed by atoms with Crippen LogP contribution in [0.15, 0.2) is 18.2 Å². The first-order valence-electron chi connectivity index (χ1n) is 6.40. The second kappa shape index (κ2) is 5.89. The molecule has 0 saturated carbocycles. The van der Waals surface area contributed by atoms with Crippen LogP contribution in [0.4, 0.5) is 4.39 Å². The molecule has 18 heavy (non-hydrogen) atoms. The zero-order valence-corrected chi connectivity index (χ0v) is 11.5. The Morgan fingerprint density at radius 1 is 1.44 bits per heavy atom. The topological polar surface area (TPSA) is 21.3 Å². The minimum absolute atomic E-state index is 0.112. The number of hydrogen-bond donors (Lipinski definition) is 1. The summed E-state index contributed by atoms with van der Waals surface area (Å²) in [6.45, 7) is 6.27. The summed E-state index contributed by atoms with van der Waals surface area (Å²) >= 11 is 5.67. The van der Waals surface area contributed by atoms with Gasteiger partial charge in [0.25, 0.3) is 0 Å². The molecule has 0 spiro atoms. The fourth-order valence-electron chi connectivity index (χ4n) is 2.44. The average molecular weight is 272 g/mol.